The Kier molecular flexibility index (Phi) is 4.34. The number of methoxy groups -OCH3 is 1. The molecule has 1 aliphatic carbocycles. The van der Waals surface area contributed by atoms with Gasteiger partial charge >= 0.3 is 0 Å². The van der Waals surface area contributed by atoms with E-state index in [0.717, 1.165) is 30.6 Å². The second-order valence-electron chi connectivity index (χ2n) is 7.94. The number of carbonyl (C=O) groups is 1. The van der Waals surface area contributed by atoms with Gasteiger partial charge in [0.2, 0.25) is 11.9 Å². The zero-order valence-corrected chi connectivity index (χ0v) is 16.7. The summed E-state index contributed by atoms with van der Waals surface area (Å²) in [5.74, 6) is 1.71. The van der Waals surface area contributed by atoms with E-state index in [9.17, 15) is 4.79 Å². The van der Waals surface area contributed by atoms with Crippen molar-refractivity contribution in [1.29, 1.82) is 0 Å². The van der Waals surface area contributed by atoms with E-state index < -0.39 is 0 Å². The number of anilines is 1. The summed E-state index contributed by atoms with van der Waals surface area (Å²) in [4.78, 5) is 19.6. The number of hydrogen-bond donors (Lipinski definition) is 0. The van der Waals surface area contributed by atoms with Crippen molar-refractivity contribution in [2.45, 2.75) is 38.3 Å². The summed E-state index contributed by atoms with van der Waals surface area (Å²) in [7, 11) is 1.66. The summed E-state index contributed by atoms with van der Waals surface area (Å²) < 4.78 is 7.23. The maximum absolute atomic E-state index is 13.2. The number of carbonyl (C=O) groups excluding carboxylic acids is 1. The summed E-state index contributed by atoms with van der Waals surface area (Å²) in [6.07, 6.45) is 4.23. The lowest BCUT2D eigenvalue weighted by Crippen LogP contribution is -2.43. The second kappa shape index (κ2) is 7.03. The lowest BCUT2D eigenvalue weighted by molar-refractivity contribution is -0.120. The van der Waals surface area contributed by atoms with Crippen molar-refractivity contribution < 1.29 is 9.53 Å². The summed E-state index contributed by atoms with van der Waals surface area (Å²) in [5.41, 5.74) is 3.49. The van der Waals surface area contributed by atoms with Crippen LogP contribution in [0.3, 0.4) is 0 Å². The molecule has 0 bridgehead atoms. The maximum Gasteiger partial charge on any atom is 0.233 e. The molecule has 2 heterocycles. The molecule has 6 heteroatoms. The van der Waals surface area contributed by atoms with Crippen LogP contribution in [0.15, 0.2) is 54.9 Å². The number of benzene rings is 2. The van der Waals surface area contributed by atoms with Gasteiger partial charge in [0.15, 0.2) is 0 Å². The number of nitrogens with zero attached hydrogens (tertiary/aromatic N) is 4. The molecule has 2 aliphatic rings. The van der Waals surface area contributed by atoms with E-state index in [1.54, 1.807) is 13.4 Å². The number of aromatic nitrogens is 3. The van der Waals surface area contributed by atoms with Crippen LogP contribution < -0.4 is 9.64 Å². The highest BCUT2D eigenvalue weighted by Gasteiger charge is 2.44. The van der Waals surface area contributed by atoms with Crippen LogP contribution in [0.25, 0.3) is 0 Å². The molecule has 0 saturated heterocycles. The van der Waals surface area contributed by atoms with Crippen molar-refractivity contribution in [2.75, 3.05) is 12.0 Å². The molecule has 148 valence electrons. The first-order valence-electron chi connectivity index (χ1n) is 10.1. The monoisotopic (exact) mass is 388 g/mol. The third-order valence-corrected chi connectivity index (χ3v) is 5.95. The Morgan fingerprint density at radius 1 is 1.00 bits per heavy atom. The predicted molar refractivity (Wildman–Crippen MR) is 110 cm³/mol. The highest BCUT2D eigenvalue weighted by Crippen LogP contribution is 2.44. The van der Waals surface area contributed by atoms with Crippen LogP contribution in [0.2, 0.25) is 0 Å². The molecule has 1 fully saturated rings. The quantitative estimate of drug-likeness (QED) is 0.676. The zero-order valence-electron chi connectivity index (χ0n) is 16.7. The molecule has 5 rings (SSSR count). The van der Waals surface area contributed by atoms with Crippen molar-refractivity contribution in [3.05, 3.63) is 71.5 Å². The van der Waals surface area contributed by atoms with Gasteiger partial charge in [-0.2, -0.15) is 10.1 Å². The average molecular weight is 388 g/mol. The molecule has 1 saturated carbocycles. The first-order chi connectivity index (χ1) is 14.2. The van der Waals surface area contributed by atoms with Crippen LogP contribution in [0.1, 0.15) is 48.0 Å². The Morgan fingerprint density at radius 3 is 2.31 bits per heavy atom. The third kappa shape index (κ3) is 3.18. The van der Waals surface area contributed by atoms with Crippen molar-refractivity contribution in [3.8, 4) is 5.75 Å². The minimum Gasteiger partial charge on any atom is -0.497 e. The molecule has 3 aromatic rings. The molecular formula is C23H24N4O2. The summed E-state index contributed by atoms with van der Waals surface area (Å²) in [6.45, 7) is 2.09. The summed E-state index contributed by atoms with van der Waals surface area (Å²) >= 11 is 0. The molecular weight excluding hydrogens is 364 g/mol. The first-order valence-corrected chi connectivity index (χ1v) is 10.1. The molecule has 0 radical (unpaired) electrons. The number of rotatable bonds is 4. The lowest BCUT2D eigenvalue weighted by atomic mass is 9.91. The average Bonchev–Trinajstić information content (AvgIpc) is 3.50. The van der Waals surface area contributed by atoms with Gasteiger partial charge in [-0.25, -0.2) is 4.68 Å². The second-order valence-corrected chi connectivity index (χ2v) is 7.94. The van der Waals surface area contributed by atoms with Crippen LogP contribution in [0.4, 0.5) is 5.95 Å². The van der Waals surface area contributed by atoms with Crippen LogP contribution in [0, 0.1) is 12.8 Å². The molecule has 1 aliphatic heterocycles. The topological polar surface area (TPSA) is 60.2 Å². The summed E-state index contributed by atoms with van der Waals surface area (Å²) in [6, 6.07) is 16.5. The maximum atomic E-state index is 13.2. The minimum absolute atomic E-state index is 0.0310. The molecule has 0 spiro atoms. The minimum atomic E-state index is -0.0861. The van der Waals surface area contributed by atoms with Crippen molar-refractivity contribution in [3.63, 3.8) is 0 Å². The fraction of sp³-hybridized carbons (Fsp3) is 0.348. The van der Waals surface area contributed by atoms with Gasteiger partial charge < -0.3 is 4.74 Å². The fourth-order valence-electron chi connectivity index (χ4n) is 4.15. The van der Waals surface area contributed by atoms with E-state index in [0.29, 0.717) is 5.95 Å². The molecule has 1 amide bonds. The molecule has 1 aromatic heterocycles. The van der Waals surface area contributed by atoms with Crippen molar-refractivity contribution in [2.24, 2.45) is 5.92 Å². The number of hydrogen-bond acceptors (Lipinski definition) is 4. The van der Waals surface area contributed by atoms with E-state index in [1.807, 2.05) is 21.7 Å². The van der Waals surface area contributed by atoms with Crippen LogP contribution >= 0.6 is 0 Å². The predicted octanol–water partition coefficient (Wildman–Crippen LogP) is 4.07. The van der Waals surface area contributed by atoms with E-state index in [1.165, 1.54) is 11.1 Å². The summed E-state index contributed by atoms with van der Waals surface area (Å²) in [5, 5.41) is 4.50. The van der Waals surface area contributed by atoms with Crippen LogP contribution in [-0.4, -0.2) is 27.8 Å². The van der Waals surface area contributed by atoms with Crippen molar-refractivity contribution in [1.82, 2.24) is 14.8 Å². The van der Waals surface area contributed by atoms with Gasteiger partial charge in [-0.15, -0.1) is 0 Å². The number of ether oxygens (including phenoxy) is 1. The Bertz CT molecular complexity index is 1020. The lowest BCUT2D eigenvalue weighted by Gasteiger charge is -2.39. The highest BCUT2D eigenvalue weighted by molar-refractivity contribution is 5.96. The zero-order chi connectivity index (χ0) is 20.0. The van der Waals surface area contributed by atoms with Gasteiger partial charge in [-0.05, 0) is 49.4 Å². The number of fused-ring (bicyclic) bond motifs is 1. The molecule has 2 aromatic carbocycles. The highest BCUT2D eigenvalue weighted by atomic mass is 16.5. The Labute approximate surface area is 170 Å². The Hall–Kier alpha value is -3.15. The Morgan fingerprint density at radius 2 is 1.66 bits per heavy atom. The van der Waals surface area contributed by atoms with E-state index in [4.69, 9.17) is 4.74 Å². The van der Waals surface area contributed by atoms with Crippen LogP contribution in [-0.2, 0) is 4.79 Å². The molecule has 6 nitrogen and oxygen atoms in total. The van der Waals surface area contributed by atoms with Gasteiger partial charge in [-0.1, -0.05) is 42.0 Å². The molecule has 0 N–H and O–H groups in total. The van der Waals surface area contributed by atoms with Gasteiger partial charge in [0.25, 0.3) is 0 Å². The molecule has 2 atom stereocenters. The van der Waals surface area contributed by atoms with Crippen molar-refractivity contribution >= 4 is 11.9 Å². The fourth-order valence-corrected chi connectivity index (χ4v) is 4.15. The molecule has 0 unspecified atom stereocenters. The van der Waals surface area contributed by atoms with Gasteiger partial charge in [0, 0.05) is 5.92 Å². The van der Waals surface area contributed by atoms with Crippen LogP contribution in [0.5, 0.6) is 5.75 Å². The van der Waals surface area contributed by atoms with E-state index >= 15 is 0 Å². The van der Waals surface area contributed by atoms with Gasteiger partial charge in [-0.3, -0.25) is 9.69 Å². The largest absolute Gasteiger partial charge is 0.497 e. The number of aryl methyl sites for hydroxylation is 1. The standard InChI is InChI=1S/C23H24N4O2/c1-15-3-5-17(6-4-15)21-13-20(16-9-11-19(29-2)12-10-16)26(22(28)18-7-8-18)23-24-14-25-27(21)23/h3-6,9-12,14,18,20-21H,7-8,13H2,1-2H3/t20-,21-/m0/s1. The third-order valence-electron chi connectivity index (χ3n) is 5.95. The normalized spacial score (nSPS) is 21.0. The number of amides is 1. The SMILES string of the molecule is COc1ccc([C@@H]2C[C@@H](c3ccc(C)cc3)n3ncnc3N2C(=O)C2CC2)cc1. The Balaban J connectivity index is 1.60. The van der Waals surface area contributed by atoms with Gasteiger partial charge in [0.1, 0.15) is 12.1 Å². The smallest absolute Gasteiger partial charge is 0.233 e. The van der Waals surface area contributed by atoms with E-state index in [-0.39, 0.29) is 23.9 Å². The molecule has 29 heavy (non-hydrogen) atoms. The van der Waals surface area contributed by atoms with E-state index in [2.05, 4.69) is 53.4 Å². The van der Waals surface area contributed by atoms with Gasteiger partial charge in [0.05, 0.1) is 19.2 Å². The first kappa shape index (κ1) is 17.9.